The molecule has 0 spiro atoms. The van der Waals surface area contributed by atoms with E-state index in [1.54, 1.807) is 14.2 Å². The van der Waals surface area contributed by atoms with Gasteiger partial charge in [-0.3, -0.25) is 4.90 Å². The van der Waals surface area contributed by atoms with Gasteiger partial charge in [0.05, 0.1) is 19.3 Å². The number of methoxy groups -OCH3 is 2. The molecular formula is C16H28N2O2. The largest absolute Gasteiger partial charge is 0.383 e. The van der Waals surface area contributed by atoms with Crippen molar-refractivity contribution < 1.29 is 9.47 Å². The van der Waals surface area contributed by atoms with Gasteiger partial charge in [0.1, 0.15) is 0 Å². The monoisotopic (exact) mass is 280 g/mol. The van der Waals surface area contributed by atoms with E-state index < -0.39 is 0 Å². The van der Waals surface area contributed by atoms with Crippen LogP contribution in [0.2, 0.25) is 0 Å². The molecule has 0 heterocycles. The first-order valence-electron chi connectivity index (χ1n) is 7.14. The molecule has 0 aromatic heterocycles. The molecule has 4 nitrogen and oxygen atoms in total. The van der Waals surface area contributed by atoms with Crippen LogP contribution in [0.5, 0.6) is 0 Å². The van der Waals surface area contributed by atoms with E-state index in [1.165, 1.54) is 11.1 Å². The molecular weight excluding hydrogens is 252 g/mol. The molecule has 1 aromatic carbocycles. The summed E-state index contributed by atoms with van der Waals surface area (Å²) in [4.78, 5) is 2.35. The van der Waals surface area contributed by atoms with Gasteiger partial charge >= 0.3 is 0 Å². The molecule has 0 saturated heterocycles. The Morgan fingerprint density at radius 3 is 2.10 bits per heavy atom. The summed E-state index contributed by atoms with van der Waals surface area (Å²) in [5, 5.41) is 0. The van der Waals surface area contributed by atoms with Gasteiger partial charge in [0, 0.05) is 33.4 Å². The molecule has 4 heteroatoms. The Labute approximate surface area is 122 Å². The smallest absolute Gasteiger partial charge is 0.0589 e. The molecule has 1 aromatic rings. The van der Waals surface area contributed by atoms with Crippen LogP contribution in [-0.2, 0) is 9.47 Å². The maximum Gasteiger partial charge on any atom is 0.0589 e. The first kappa shape index (κ1) is 17.1. The zero-order chi connectivity index (χ0) is 15.0. The van der Waals surface area contributed by atoms with Crippen LogP contribution in [-0.4, -0.2) is 51.5 Å². The lowest BCUT2D eigenvalue weighted by Gasteiger charge is -2.35. The number of hydrogen-bond donors (Lipinski definition) is 1. The van der Waals surface area contributed by atoms with Crippen molar-refractivity contribution in [3.8, 4) is 0 Å². The molecule has 2 atom stereocenters. The van der Waals surface area contributed by atoms with Crippen molar-refractivity contribution >= 4 is 0 Å². The van der Waals surface area contributed by atoms with E-state index in [0.717, 1.165) is 13.1 Å². The van der Waals surface area contributed by atoms with E-state index in [4.69, 9.17) is 15.2 Å². The molecule has 0 amide bonds. The zero-order valence-corrected chi connectivity index (χ0v) is 13.1. The lowest BCUT2D eigenvalue weighted by molar-refractivity contribution is 0.0799. The highest BCUT2D eigenvalue weighted by molar-refractivity contribution is 5.29. The molecule has 114 valence electrons. The molecule has 0 fully saturated rings. The number of ether oxygens (including phenoxy) is 2. The highest BCUT2D eigenvalue weighted by atomic mass is 16.5. The minimum atomic E-state index is 0.0461. The van der Waals surface area contributed by atoms with Crippen LogP contribution in [0.1, 0.15) is 24.1 Å². The summed E-state index contributed by atoms with van der Waals surface area (Å²) < 4.78 is 10.5. The summed E-state index contributed by atoms with van der Waals surface area (Å²) in [7, 11) is 3.45. The standard InChI is InChI=1S/C16H28N2O2/c1-13-7-5-6-8-15(13)16(14(2)17)18(9-11-19-3)10-12-20-4/h5-8,14,16H,9-12,17H2,1-4H3. The van der Waals surface area contributed by atoms with Gasteiger partial charge in [0.15, 0.2) is 0 Å². The molecule has 0 aliphatic carbocycles. The number of nitrogens with two attached hydrogens (primary N) is 1. The lowest BCUT2D eigenvalue weighted by atomic mass is 9.95. The van der Waals surface area contributed by atoms with E-state index in [-0.39, 0.29) is 12.1 Å². The van der Waals surface area contributed by atoms with Crippen molar-refractivity contribution in [2.24, 2.45) is 5.73 Å². The van der Waals surface area contributed by atoms with Crippen molar-refractivity contribution in [3.05, 3.63) is 35.4 Å². The molecule has 1 rings (SSSR count). The van der Waals surface area contributed by atoms with Crippen molar-refractivity contribution in [2.75, 3.05) is 40.5 Å². The Bertz CT molecular complexity index is 374. The average Bonchev–Trinajstić information content (AvgIpc) is 2.43. The molecule has 0 aliphatic rings. The van der Waals surface area contributed by atoms with Crippen LogP contribution in [0.3, 0.4) is 0 Å². The van der Waals surface area contributed by atoms with Gasteiger partial charge in [-0.05, 0) is 25.0 Å². The van der Waals surface area contributed by atoms with E-state index in [2.05, 4.69) is 43.0 Å². The third-order valence-electron chi connectivity index (χ3n) is 3.56. The summed E-state index contributed by atoms with van der Waals surface area (Å²) in [6.07, 6.45) is 0. The van der Waals surface area contributed by atoms with Crippen LogP contribution < -0.4 is 5.73 Å². The molecule has 2 unspecified atom stereocenters. The third-order valence-corrected chi connectivity index (χ3v) is 3.56. The van der Waals surface area contributed by atoms with E-state index in [0.29, 0.717) is 13.2 Å². The highest BCUT2D eigenvalue weighted by Crippen LogP contribution is 2.26. The molecule has 0 bridgehead atoms. The van der Waals surface area contributed by atoms with Gasteiger partial charge in [0.2, 0.25) is 0 Å². The average molecular weight is 280 g/mol. The van der Waals surface area contributed by atoms with Crippen molar-refractivity contribution in [1.29, 1.82) is 0 Å². The Hall–Kier alpha value is -0.940. The molecule has 2 N–H and O–H groups in total. The zero-order valence-electron chi connectivity index (χ0n) is 13.1. The molecule has 0 aliphatic heterocycles. The Morgan fingerprint density at radius 2 is 1.65 bits per heavy atom. The van der Waals surface area contributed by atoms with Crippen LogP contribution >= 0.6 is 0 Å². The van der Waals surface area contributed by atoms with Crippen LogP contribution in [0, 0.1) is 6.92 Å². The number of hydrogen-bond acceptors (Lipinski definition) is 4. The van der Waals surface area contributed by atoms with Gasteiger partial charge < -0.3 is 15.2 Å². The van der Waals surface area contributed by atoms with Crippen molar-refractivity contribution in [2.45, 2.75) is 25.9 Å². The quantitative estimate of drug-likeness (QED) is 0.751. The van der Waals surface area contributed by atoms with Gasteiger partial charge in [-0.2, -0.15) is 0 Å². The number of aryl methyl sites for hydroxylation is 1. The van der Waals surface area contributed by atoms with E-state index >= 15 is 0 Å². The second kappa shape index (κ2) is 9.08. The fourth-order valence-corrected chi connectivity index (χ4v) is 2.54. The summed E-state index contributed by atoms with van der Waals surface area (Å²) in [6, 6.07) is 8.66. The number of rotatable bonds is 9. The van der Waals surface area contributed by atoms with Gasteiger partial charge in [-0.25, -0.2) is 0 Å². The SMILES string of the molecule is COCCN(CCOC)C(c1ccccc1C)C(C)N. The minimum absolute atomic E-state index is 0.0461. The van der Waals surface area contributed by atoms with Gasteiger partial charge in [-0.15, -0.1) is 0 Å². The molecule has 0 radical (unpaired) electrons. The predicted molar refractivity (Wildman–Crippen MR) is 82.9 cm³/mol. The summed E-state index contributed by atoms with van der Waals surface area (Å²) in [5.74, 6) is 0. The van der Waals surface area contributed by atoms with Crippen LogP contribution in [0.15, 0.2) is 24.3 Å². The number of nitrogens with zero attached hydrogens (tertiary/aromatic N) is 1. The predicted octanol–water partition coefficient (Wildman–Crippen LogP) is 1.98. The summed E-state index contributed by atoms with van der Waals surface area (Å²) >= 11 is 0. The van der Waals surface area contributed by atoms with Crippen molar-refractivity contribution in [1.82, 2.24) is 4.90 Å². The Kier molecular flexibility index (Phi) is 7.77. The molecule has 20 heavy (non-hydrogen) atoms. The van der Waals surface area contributed by atoms with Crippen LogP contribution in [0.25, 0.3) is 0 Å². The fourth-order valence-electron chi connectivity index (χ4n) is 2.54. The highest BCUT2D eigenvalue weighted by Gasteiger charge is 2.24. The maximum absolute atomic E-state index is 6.26. The van der Waals surface area contributed by atoms with Gasteiger partial charge in [-0.1, -0.05) is 24.3 Å². The Balaban J connectivity index is 2.97. The first-order chi connectivity index (χ1) is 9.61. The molecule has 0 saturated carbocycles. The fraction of sp³-hybridized carbons (Fsp3) is 0.625. The van der Waals surface area contributed by atoms with Crippen LogP contribution in [0.4, 0.5) is 0 Å². The lowest BCUT2D eigenvalue weighted by Crippen LogP contribution is -2.43. The third kappa shape index (κ3) is 4.87. The first-order valence-corrected chi connectivity index (χ1v) is 7.14. The second-order valence-corrected chi connectivity index (χ2v) is 5.18. The second-order valence-electron chi connectivity index (χ2n) is 5.18. The van der Waals surface area contributed by atoms with Crippen molar-refractivity contribution in [3.63, 3.8) is 0 Å². The minimum Gasteiger partial charge on any atom is -0.383 e. The number of benzene rings is 1. The topological polar surface area (TPSA) is 47.7 Å². The maximum atomic E-state index is 6.26. The summed E-state index contributed by atoms with van der Waals surface area (Å²) in [5.41, 5.74) is 8.82. The van der Waals surface area contributed by atoms with E-state index in [1.807, 2.05) is 0 Å². The van der Waals surface area contributed by atoms with E-state index in [9.17, 15) is 0 Å². The van der Waals surface area contributed by atoms with Gasteiger partial charge in [0.25, 0.3) is 0 Å². The normalized spacial score (nSPS) is 14.5. The Morgan fingerprint density at radius 1 is 1.10 bits per heavy atom. The summed E-state index contributed by atoms with van der Waals surface area (Å²) in [6.45, 7) is 7.28.